The maximum Gasteiger partial charge on any atom is 0.246 e. The van der Waals surface area contributed by atoms with Crippen LogP contribution in [-0.2, 0) is 22.6 Å². The summed E-state index contributed by atoms with van der Waals surface area (Å²) in [4.78, 5) is 35.8. The van der Waals surface area contributed by atoms with Crippen LogP contribution < -0.4 is 19.9 Å². The Labute approximate surface area is 263 Å². The van der Waals surface area contributed by atoms with Crippen molar-refractivity contribution in [1.29, 1.82) is 10.5 Å². The topological polar surface area (TPSA) is 126 Å². The fourth-order valence-corrected chi connectivity index (χ4v) is 7.00. The van der Waals surface area contributed by atoms with Crippen LogP contribution in [0.5, 0.6) is 5.88 Å². The quantitative estimate of drug-likeness (QED) is 0.400. The number of aromatic nitrogens is 1. The second kappa shape index (κ2) is 12.9. The third kappa shape index (κ3) is 5.88. The third-order valence-corrected chi connectivity index (χ3v) is 9.16. The number of rotatable bonds is 7. The van der Waals surface area contributed by atoms with E-state index in [1.54, 1.807) is 4.90 Å². The number of nitrogens with zero attached hydrogens (tertiary/aromatic N) is 6. The average Bonchev–Trinajstić information content (AvgIpc) is 3.06. The zero-order valence-corrected chi connectivity index (χ0v) is 25.6. The molecule has 0 aliphatic carbocycles. The maximum atomic E-state index is 12.6. The molecule has 2 atom stereocenters. The van der Waals surface area contributed by atoms with E-state index in [0.717, 1.165) is 42.0 Å². The molecule has 2 fully saturated rings. The number of hydrogen-bond acceptors (Lipinski definition) is 8. The van der Waals surface area contributed by atoms with Gasteiger partial charge in [-0.2, -0.15) is 10.5 Å². The van der Waals surface area contributed by atoms with E-state index in [0.29, 0.717) is 44.6 Å². The van der Waals surface area contributed by atoms with Crippen molar-refractivity contribution < 1.29 is 14.3 Å². The predicted molar refractivity (Wildman–Crippen MR) is 172 cm³/mol. The highest BCUT2D eigenvalue weighted by atomic mass is 16.5. The summed E-state index contributed by atoms with van der Waals surface area (Å²) >= 11 is 0. The van der Waals surface area contributed by atoms with Crippen LogP contribution in [0, 0.1) is 29.6 Å². The second-order valence-corrected chi connectivity index (χ2v) is 12.0. The van der Waals surface area contributed by atoms with Crippen LogP contribution in [0.3, 0.4) is 0 Å². The Morgan fingerprint density at radius 3 is 2.73 bits per heavy atom. The molecule has 2 amide bonds. The van der Waals surface area contributed by atoms with E-state index in [4.69, 9.17) is 9.72 Å². The van der Waals surface area contributed by atoms with Crippen LogP contribution in [0.25, 0.3) is 10.8 Å². The number of amides is 2. The van der Waals surface area contributed by atoms with Gasteiger partial charge in [0.2, 0.25) is 17.7 Å². The second-order valence-electron chi connectivity index (χ2n) is 12.0. The maximum absolute atomic E-state index is 12.6. The number of aryl methyl sites for hydroxylation is 1. The molecule has 3 aliphatic heterocycles. The smallest absolute Gasteiger partial charge is 0.246 e. The molecular weight excluding hydrogens is 566 g/mol. The monoisotopic (exact) mass is 603 g/mol. The number of nitrogens with one attached hydrogen (secondary N) is 1. The lowest BCUT2D eigenvalue weighted by atomic mass is 9.95. The fourth-order valence-electron chi connectivity index (χ4n) is 7.00. The van der Waals surface area contributed by atoms with Gasteiger partial charge in [0.1, 0.15) is 18.2 Å². The Morgan fingerprint density at radius 1 is 1.16 bits per heavy atom. The fraction of sp³-hybridized carbons (Fsp3) is 0.400. The molecule has 2 aromatic carbocycles. The lowest BCUT2D eigenvalue weighted by Crippen LogP contribution is -2.55. The number of carbonyl (C=O) groups is 2. The molecule has 2 unspecified atom stereocenters. The van der Waals surface area contributed by atoms with Gasteiger partial charge in [0.05, 0.1) is 42.5 Å². The normalized spacial score (nSPS) is 19.7. The van der Waals surface area contributed by atoms with Crippen LogP contribution in [0.1, 0.15) is 48.1 Å². The van der Waals surface area contributed by atoms with Gasteiger partial charge in [-0.3, -0.25) is 9.59 Å². The van der Waals surface area contributed by atoms with Crippen LogP contribution in [0.4, 0.5) is 11.4 Å². The Bertz CT molecular complexity index is 1730. The minimum Gasteiger partial charge on any atom is -0.474 e. The lowest BCUT2D eigenvalue weighted by molar-refractivity contribution is -0.128. The van der Waals surface area contributed by atoms with Crippen molar-refractivity contribution in [2.24, 2.45) is 0 Å². The van der Waals surface area contributed by atoms with Crippen molar-refractivity contribution in [3.63, 3.8) is 0 Å². The molecule has 3 aliphatic rings. The van der Waals surface area contributed by atoms with Crippen molar-refractivity contribution in [3.05, 3.63) is 71.4 Å². The number of nitriles is 2. The van der Waals surface area contributed by atoms with Crippen LogP contribution in [-0.4, -0.2) is 66.6 Å². The van der Waals surface area contributed by atoms with E-state index in [-0.39, 0.29) is 42.8 Å². The van der Waals surface area contributed by atoms with Gasteiger partial charge in [0.15, 0.2) is 0 Å². The predicted octanol–water partition coefficient (Wildman–Crippen LogP) is 4.14. The zero-order chi connectivity index (χ0) is 31.5. The number of pyridine rings is 1. The zero-order valence-electron chi connectivity index (χ0n) is 25.6. The minimum atomic E-state index is -0.342. The number of carbonyl (C=O) groups excluding carboxylic acids is 2. The Kier molecular flexibility index (Phi) is 8.57. The summed E-state index contributed by atoms with van der Waals surface area (Å²) in [6.07, 6.45) is 4.23. The van der Waals surface area contributed by atoms with E-state index in [9.17, 15) is 20.1 Å². The highest BCUT2D eigenvalue weighted by Crippen LogP contribution is 2.40. The number of piperazine rings is 1. The van der Waals surface area contributed by atoms with Gasteiger partial charge in [-0.05, 0) is 49.3 Å². The van der Waals surface area contributed by atoms with Gasteiger partial charge in [-0.1, -0.05) is 36.9 Å². The first kappa shape index (κ1) is 30.0. The van der Waals surface area contributed by atoms with Crippen molar-refractivity contribution >= 4 is 34.0 Å². The van der Waals surface area contributed by atoms with Gasteiger partial charge in [-0.15, -0.1) is 0 Å². The van der Waals surface area contributed by atoms with Gasteiger partial charge in [0, 0.05) is 49.2 Å². The van der Waals surface area contributed by atoms with Crippen LogP contribution >= 0.6 is 0 Å². The van der Waals surface area contributed by atoms with E-state index < -0.39 is 0 Å². The molecule has 3 aromatic rings. The molecule has 10 nitrogen and oxygen atoms in total. The van der Waals surface area contributed by atoms with E-state index in [2.05, 4.69) is 77.2 Å². The molecular formula is C35H37N7O3. The summed E-state index contributed by atoms with van der Waals surface area (Å²) in [5.74, 6) is 0.0566. The van der Waals surface area contributed by atoms with Gasteiger partial charge in [0.25, 0.3) is 0 Å². The SMILES string of the molecule is C=CC(=O)N1CCN(c2c(C#N)c(OCC3CCCC(=O)N3)nc3c2CCN(c2cccc4cccc(C)c24)C3)CC1CC#N. The van der Waals surface area contributed by atoms with E-state index in [1.165, 1.54) is 22.4 Å². The van der Waals surface area contributed by atoms with Gasteiger partial charge < -0.3 is 24.8 Å². The molecule has 10 heteroatoms. The van der Waals surface area contributed by atoms with E-state index >= 15 is 0 Å². The summed E-state index contributed by atoms with van der Waals surface area (Å²) in [5.41, 5.74) is 5.30. The van der Waals surface area contributed by atoms with Gasteiger partial charge >= 0.3 is 0 Å². The number of piperidine rings is 1. The molecule has 0 bridgehead atoms. The van der Waals surface area contributed by atoms with Crippen molar-refractivity contribution in [3.8, 4) is 18.0 Å². The summed E-state index contributed by atoms with van der Waals surface area (Å²) < 4.78 is 6.27. The average molecular weight is 604 g/mol. The molecule has 45 heavy (non-hydrogen) atoms. The minimum absolute atomic E-state index is 0.00551. The number of fused-ring (bicyclic) bond motifs is 2. The molecule has 4 heterocycles. The summed E-state index contributed by atoms with van der Waals surface area (Å²) in [6, 6.07) is 16.8. The van der Waals surface area contributed by atoms with Crippen molar-refractivity contribution in [1.82, 2.24) is 15.2 Å². The van der Waals surface area contributed by atoms with Crippen LogP contribution in [0.2, 0.25) is 0 Å². The highest BCUT2D eigenvalue weighted by molar-refractivity contribution is 5.97. The molecule has 1 aromatic heterocycles. The number of benzene rings is 2. The highest BCUT2D eigenvalue weighted by Gasteiger charge is 2.35. The molecule has 0 saturated carbocycles. The molecule has 0 radical (unpaired) electrons. The summed E-state index contributed by atoms with van der Waals surface area (Å²) in [7, 11) is 0. The largest absolute Gasteiger partial charge is 0.474 e. The standard InChI is InChI=1S/C35H37N7O3/c1-3-32(44)42-18-17-41(20-26(42)13-15-36)34-27-14-16-40(30-11-5-9-24-8-4-7-23(2)33(24)30)21-29(27)39-35(28(34)19-37)45-22-25-10-6-12-31(43)38-25/h3-5,7-9,11,25-26H,1,6,10,12-14,16-18,20-22H2,2H3,(H,38,43). The summed E-state index contributed by atoms with van der Waals surface area (Å²) in [6.45, 7) is 8.57. The first-order chi connectivity index (χ1) is 21.9. The van der Waals surface area contributed by atoms with Gasteiger partial charge in [-0.25, -0.2) is 4.98 Å². The Hall–Kier alpha value is -5.09. The first-order valence-corrected chi connectivity index (χ1v) is 15.6. The lowest BCUT2D eigenvalue weighted by Gasteiger charge is -2.43. The van der Waals surface area contributed by atoms with Crippen molar-refractivity contribution in [2.45, 2.75) is 57.7 Å². The van der Waals surface area contributed by atoms with Crippen molar-refractivity contribution in [2.75, 3.05) is 42.6 Å². The number of hydrogen-bond donors (Lipinski definition) is 1. The molecule has 6 rings (SSSR count). The van der Waals surface area contributed by atoms with Crippen LogP contribution in [0.15, 0.2) is 49.1 Å². The molecule has 230 valence electrons. The number of ether oxygens (including phenoxy) is 1. The van der Waals surface area contributed by atoms with E-state index in [1.807, 2.05) is 0 Å². The molecule has 1 N–H and O–H groups in total. The molecule has 0 spiro atoms. The summed E-state index contributed by atoms with van der Waals surface area (Å²) in [5, 5.41) is 25.5. The Balaban J connectivity index is 1.40. The number of anilines is 2. The third-order valence-electron chi connectivity index (χ3n) is 9.16. The first-order valence-electron chi connectivity index (χ1n) is 15.6. The Morgan fingerprint density at radius 2 is 1.98 bits per heavy atom. The molecule has 2 saturated heterocycles.